The molecule has 0 radical (unpaired) electrons. The Morgan fingerprint density at radius 2 is 2.18 bits per heavy atom. The highest BCUT2D eigenvalue weighted by Gasteiger charge is 2.01. The lowest BCUT2D eigenvalue weighted by atomic mass is 10.2. The number of aromatic nitrogens is 1. The number of nitrogen functional groups attached to an aromatic ring is 1. The number of aromatic amines is 1. The number of anilines is 2. The van der Waals surface area contributed by atoms with Crippen molar-refractivity contribution in [1.29, 1.82) is 0 Å². The number of hydrogen-bond donors (Lipinski definition) is 3. The van der Waals surface area contributed by atoms with E-state index in [0.717, 1.165) is 23.4 Å². The van der Waals surface area contributed by atoms with E-state index in [1.807, 2.05) is 17.6 Å². The van der Waals surface area contributed by atoms with E-state index in [1.165, 1.54) is 10.3 Å². The van der Waals surface area contributed by atoms with E-state index < -0.39 is 0 Å². The number of nitrogens with two attached hydrogens (primary N) is 1. The molecule has 0 aliphatic carbocycles. The second-order valence-electron chi connectivity index (χ2n) is 3.93. The van der Waals surface area contributed by atoms with Gasteiger partial charge < -0.3 is 16.0 Å². The molecule has 0 atom stereocenters. The van der Waals surface area contributed by atoms with E-state index in [4.69, 9.17) is 5.73 Å². The van der Waals surface area contributed by atoms with Crippen LogP contribution in [-0.2, 0) is 6.54 Å². The minimum atomic E-state index is 0.777. The van der Waals surface area contributed by atoms with Crippen molar-refractivity contribution in [3.63, 3.8) is 0 Å². The van der Waals surface area contributed by atoms with E-state index >= 15 is 0 Å². The molecule has 2 heterocycles. The van der Waals surface area contributed by atoms with Crippen LogP contribution in [0.15, 0.2) is 41.9 Å². The van der Waals surface area contributed by atoms with Gasteiger partial charge in [-0.3, -0.25) is 0 Å². The van der Waals surface area contributed by atoms with E-state index in [-0.39, 0.29) is 0 Å². The van der Waals surface area contributed by atoms with Gasteiger partial charge in [-0.25, -0.2) is 0 Å². The van der Waals surface area contributed by atoms with Crippen molar-refractivity contribution in [2.75, 3.05) is 11.1 Å². The Balaban J connectivity index is 1.78. The molecule has 2 aromatic heterocycles. The minimum absolute atomic E-state index is 0.777. The van der Waals surface area contributed by atoms with Gasteiger partial charge >= 0.3 is 0 Å². The minimum Gasteiger partial charge on any atom is -0.398 e. The average molecular weight is 243 g/mol. The molecule has 0 bridgehead atoms. The number of fused-ring (bicyclic) bond motifs is 1. The third kappa shape index (κ3) is 1.99. The number of hydrogen-bond acceptors (Lipinski definition) is 3. The summed E-state index contributed by atoms with van der Waals surface area (Å²) in [5, 5.41) is 6.62. The molecule has 0 amide bonds. The molecule has 3 nitrogen and oxygen atoms in total. The summed E-state index contributed by atoms with van der Waals surface area (Å²) in [6.45, 7) is 0.777. The van der Waals surface area contributed by atoms with Crippen LogP contribution in [0.25, 0.3) is 10.9 Å². The van der Waals surface area contributed by atoms with Crippen LogP contribution in [0.2, 0.25) is 0 Å². The molecule has 0 saturated heterocycles. The third-order valence-corrected chi connectivity index (χ3v) is 3.72. The first-order valence-electron chi connectivity index (χ1n) is 5.46. The summed E-state index contributed by atoms with van der Waals surface area (Å²) in [5.41, 5.74) is 8.98. The molecule has 0 saturated carbocycles. The quantitative estimate of drug-likeness (QED) is 0.660. The molecule has 17 heavy (non-hydrogen) atoms. The van der Waals surface area contributed by atoms with Crippen LogP contribution in [0.5, 0.6) is 0 Å². The van der Waals surface area contributed by atoms with E-state index in [1.54, 1.807) is 11.3 Å². The lowest BCUT2D eigenvalue weighted by Crippen LogP contribution is -1.99. The van der Waals surface area contributed by atoms with Gasteiger partial charge in [-0.2, -0.15) is 0 Å². The molecule has 3 aromatic rings. The fraction of sp³-hybridized carbons (Fsp3) is 0.0769. The number of nitrogens with one attached hydrogen (secondary N) is 2. The predicted molar refractivity (Wildman–Crippen MR) is 74.4 cm³/mol. The zero-order valence-corrected chi connectivity index (χ0v) is 10.1. The van der Waals surface area contributed by atoms with Gasteiger partial charge in [0.25, 0.3) is 0 Å². The number of benzene rings is 1. The lowest BCUT2D eigenvalue weighted by molar-refractivity contribution is 1.20. The Bertz CT molecular complexity index is 639. The summed E-state index contributed by atoms with van der Waals surface area (Å²) in [5.74, 6) is 0. The van der Waals surface area contributed by atoms with Crippen molar-refractivity contribution < 1.29 is 0 Å². The Morgan fingerprint density at radius 3 is 3.00 bits per heavy atom. The zero-order chi connectivity index (χ0) is 11.7. The van der Waals surface area contributed by atoms with Gasteiger partial charge in [-0.05, 0) is 35.7 Å². The second-order valence-corrected chi connectivity index (χ2v) is 4.93. The Kier molecular flexibility index (Phi) is 2.49. The summed E-state index contributed by atoms with van der Waals surface area (Å²) in [6, 6.07) is 10.3. The highest BCUT2D eigenvalue weighted by atomic mass is 32.1. The van der Waals surface area contributed by atoms with Crippen molar-refractivity contribution in [2.24, 2.45) is 0 Å². The summed E-state index contributed by atoms with van der Waals surface area (Å²) >= 11 is 1.68. The van der Waals surface area contributed by atoms with E-state index in [0.29, 0.717) is 0 Å². The van der Waals surface area contributed by atoms with Crippen LogP contribution in [0.3, 0.4) is 0 Å². The van der Waals surface area contributed by atoms with Crippen molar-refractivity contribution >= 4 is 33.6 Å². The van der Waals surface area contributed by atoms with Gasteiger partial charge in [-0.15, -0.1) is 11.3 Å². The maximum Gasteiger partial charge on any atom is 0.0514 e. The van der Waals surface area contributed by atoms with Gasteiger partial charge in [0, 0.05) is 33.4 Å². The molecule has 4 N–H and O–H groups in total. The van der Waals surface area contributed by atoms with Crippen molar-refractivity contribution in [1.82, 2.24) is 4.98 Å². The monoisotopic (exact) mass is 243 g/mol. The normalized spacial score (nSPS) is 10.8. The molecule has 1 aromatic carbocycles. The largest absolute Gasteiger partial charge is 0.398 e. The zero-order valence-electron chi connectivity index (χ0n) is 9.23. The maximum atomic E-state index is 5.84. The fourth-order valence-electron chi connectivity index (χ4n) is 1.84. The molecule has 86 valence electrons. The lowest BCUT2D eigenvalue weighted by Gasteiger charge is -2.05. The first-order chi connectivity index (χ1) is 8.33. The predicted octanol–water partition coefficient (Wildman–Crippen LogP) is 3.42. The van der Waals surface area contributed by atoms with Gasteiger partial charge in [0.15, 0.2) is 0 Å². The van der Waals surface area contributed by atoms with Gasteiger partial charge in [0.05, 0.1) is 6.54 Å². The Hall–Kier alpha value is -1.94. The number of thiophene rings is 1. The SMILES string of the molecule is Nc1ccsc1CNc1ccc2[nH]ccc2c1. The van der Waals surface area contributed by atoms with Crippen LogP contribution >= 0.6 is 11.3 Å². The van der Waals surface area contributed by atoms with Crippen LogP contribution in [0.4, 0.5) is 11.4 Å². The molecule has 0 spiro atoms. The number of H-pyrrole nitrogens is 1. The van der Waals surface area contributed by atoms with Gasteiger partial charge in [0.2, 0.25) is 0 Å². The van der Waals surface area contributed by atoms with Crippen LogP contribution in [0.1, 0.15) is 4.88 Å². The highest BCUT2D eigenvalue weighted by molar-refractivity contribution is 7.10. The molecule has 0 aliphatic heterocycles. The van der Waals surface area contributed by atoms with Gasteiger partial charge in [0.1, 0.15) is 0 Å². The number of rotatable bonds is 3. The average Bonchev–Trinajstić information content (AvgIpc) is 2.94. The topological polar surface area (TPSA) is 53.8 Å². The van der Waals surface area contributed by atoms with E-state index in [9.17, 15) is 0 Å². The first-order valence-corrected chi connectivity index (χ1v) is 6.34. The highest BCUT2D eigenvalue weighted by Crippen LogP contribution is 2.22. The molecule has 0 unspecified atom stereocenters. The van der Waals surface area contributed by atoms with Gasteiger partial charge in [-0.1, -0.05) is 0 Å². The van der Waals surface area contributed by atoms with Crippen molar-refractivity contribution in [3.8, 4) is 0 Å². The second kappa shape index (κ2) is 4.14. The summed E-state index contributed by atoms with van der Waals surface area (Å²) < 4.78 is 0. The summed E-state index contributed by atoms with van der Waals surface area (Å²) in [7, 11) is 0. The molecule has 0 aliphatic rings. The smallest absolute Gasteiger partial charge is 0.0514 e. The molecule has 3 rings (SSSR count). The van der Waals surface area contributed by atoms with Crippen LogP contribution < -0.4 is 11.1 Å². The Labute approximate surface area is 103 Å². The maximum absolute atomic E-state index is 5.84. The standard InChI is InChI=1S/C13H13N3S/c14-11-4-6-17-13(11)8-16-10-1-2-12-9(7-10)3-5-15-12/h1-7,15-16H,8,14H2. The van der Waals surface area contributed by atoms with E-state index in [2.05, 4.69) is 34.6 Å². The fourth-order valence-corrected chi connectivity index (χ4v) is 2.58. The molecular formula is C13H13N3S. The molecular weight excluding hydrogens is 230 g/mol. The van der Waals surface area contributed by atoms with Crippen molar-refractivity contribution in [3.05, 3.63) is 46.8 Å². The third-order valence-electron chi connectivity index (χ3n) is 2.79. The summed E-state index contributed by atoms with van der Waals surface area (Å²) in [6.07, 6.45) is 1.95. The van der Waals surface area contributed by atoms with Crippen LogP contribution in [-0.4, -0.2) is 4.98 Å². The van der Waals surface area contributed by atoms with Crippen molar-refractivity contribution in [2.45, 2.75) is 6.54 Å². The molecule has 0 fully saturated rings. The first kappa shape index (κ1) is 10.2. The van der Waals surface area contributed by atoms with Crippen LogP contribution in [0, 0.1) is 0 Å². The summed E-state index contributed by atoms with van der Waals surface area (Å²) in [4.78, 5) is 4.36. The Morgan fingerprint density at radius 1 is 1.24 bits per heavy atom. The molecule has 4 heteroatoms.